The second-order valence-corrected chi connectivity index (χ2v) is 18.5. The Morgan fingerprint density at radius 2 is 1.09 bits per heavy atom. The fourth-order valence-corrected chi connectivity index (χ4v) is 8.24. The number of ether oxygens (including phenoxy) is 2. The van der Waals surface area contributed by atoms with Crippen LogP contribution < -0.4 is 0 Å². The molecule has 1 aliphatic carbocycles. The van der Waals surface area contributed by atoms with E-state index in [2.05, 4.69) is 39.5 Å². The molecule has 326 valence electrons. The Balaban J connectivity index is 2.30. The first-order chi connectivity index (χ1) is 26.7. The third kappa shape index (κ3) is 29.7. The van der Waals surface area contributed by atoms with E-state index in [4.69, 9.17) is 9.47 Å². The second-order valence-electron chi connectivity index (χ2n) is 18.5. The van der Waals surface area contributed by atoms with Gasteiger partial charge in [0.15, 0.2) is 0 Å². The Bertz CT molecular complexity index is 873. The van der Waals surface area contributed by atoms with E-state index in [1.165, 1.54) is 161 Å². The molecular formula is C49H95NO5. The molecule has 0 atom stereocenters. The molecule has 0 spiro atoms. The molecule has 0 bridgehead atoms. The second kappa shape index (κ2) is 34.9. The van der Waals surface area contributed by atoms with Crippen LogP contribution in [0.25, 0.3) is 0 Å². The molecule has 1 fully saturated rings. The maximum atomic E-state index is 13.2. The SMILES string of the molecule is CCCCCCCCCOC(=O)CCC1(CCCCN(CCCCO)CCCCCCC(C)(C)C(=O)OCC(CCCCCCC)CCCCCCC)CC1. The lowest BCUT2D eigenvalue weighted by Crippen LogP contribution is -2.29. The molecule has 1 saturated carbocycles. The summed E-state index contributed by atoms with van der Waals surface area (Å²) in [5.74, 6) is 0.515. The van der Waals surface area contributed by atoms with Crippen molar-refractivity contribution in [2.45, 2.75) is 247 Å². The highest BCUT2D eigenvalue weighted by molar-refractivity contribution is 5.75. The van der Waals surface area contributed by atoms with E-state index < -0.39 is 5.41 Å². The molecule has 0 unspecified atom stereocenters. The van der Waals surface area contributed by atoms with Gasteiger partial charge in [-0.1, -0.05) is 149 Å². The highest BCUT2D eigenvalue weighted by atomic mass is 16.5. The largest absolute Gasteiger partial charge is 0.466 e. The third-order valence-corrected chi connectivity index (χ3v) is 12.6. The lowest BCUT2D eigenvalue weighted by molar-refractivity contribution is -0.156. The van der Waals surface area contributed by atoms with Gasteiger partial charge in [-0.3, -0.25) is 9.59 Å². The summed E-state index contributed by atoms with van der Waals surface area (Å²) in [4.78, 5) is 28.2. The lowest BCUT2D eigenvalue weighted by Gasteiger charge is -2.25. The number of nitrogens with zero attached hydrogens (tertiary/aromatic N) is 1. The molecule has 0 aromatic rings. The standard InChI is InChI=1S/C49H95NO5/c1-6-9-12-15-16-21-30-43-54-46(52)33-36-49(37-38-49)35-25-27-40-50(41-28-29-42-51)39-26-20-19-24-34-48(4,5)47(53)55-44-45(31-22-17-13-10-7-2)32-23-18-14-11-8-3/h45,51H,6-44H2,1-5H3. The molecule has 0 heterocycles. The van der Waals surface area contributed by atoms with E-state index in [0.717, 1.165) is 64.6 Å². The zero-order valence-corrected chi connectivity index (χ0v) is 37.7. The van der Waals surface area contributed by atoms with Crippen LogP contribution in [0.3, 0.4) is 0 Å². The minimum absolute atomic E-state index is 0.00348. The van der Waals surface area contributed by atoms with Crippen molar-refractivity contribution in [3.8, 4) is 0 Å². The Kier molecular flexibility index (Phi) is 32.9. The lowest BCUT2D eigenvalue weighted by atomic mass is 9.86. The third-order valence-electron chi connectivity index (χ3n) is 12.6. The molecule has 0 aliphatic heterocycles. The van der Waals surface area contributed by atoms with Crippen LogP contribution in [0, 0.1) is 16.7 Å². The molecule has 0 saturated heterocycles. The predicted octanol–water partition coefficient (Wildman–Crippen LogP) is 13.9. The molecule has 6 nitrogen and oxygen atoms in total. The number of esters is 2. The van der Waals surface area contributed by atoms with E-state index in [1.54, 1.807) is 0 Å². The zero-order chi connectivity index (χ0) is 40.3. The molecule has 1 rings (SSSR count). The number of hydrogen-bond acceptors (Lipinski definition) is 6. The van der Waals surface area contributed by atoms with Gasteiger partial charge < -0.3 is 19.5 Å². The van der Waals surface area contributed by atoms with Gasteiger partial charge in [0.1, 0.15) is 0 Å². The quantitative estimate of drug-likeness (QED) is 0.0491. The maximum absolute atomic E-state index is 13.2. The number of carbonyl (C=O) groups is 2. The van der Waals surface area contributed by atoms with Crippen molar-refractivity contribution >= 4 is 11.9 Å². The van der Waals surface area contributed by atoms with Crippen molar-refractivity contribution in [2.24, 2.45) is 16.7 Å². The smallest absolute Gasteiger partial charge is 0.311 e. The summed E-state index contributed by atoms with van der Waals surface area (Å²) in [5.41, 5.74) is -0.0285. The van der Waals surface area contributed by atoms with Crippen LogP contribution in [-0.4, -0.2) is 61.4 Å². The van der Waals surface area contributed by atoms with Gasteiger partial charge in [0.25, 0.3) is 0 Å². The summed E-state index contributed by atoms with van der Waals surface area (Å²) >= 11 is 0. The molecule has 0 aromatic carbocycles. The maximum Gasteiger partial charge on any atom is 0.311 e. The fourth-order valence-electron chi connectivity index (χ4n) is 8.24. The summed E-state index contributed by atoms with van der Waals surface area (Å²) in [7, 11) is 0. The van der Waals surface area contributed by atoms with Crippen LogP contribution >= 0.6 is 0 Å². The molecular weight excluding hydrogens is 683 g/mol. The van der Waals surface area contributed by atoms with Crippen molar-refractivity contribution in [2.75, 3.05) is 39.5 Å². The Morgan fingerprint density at radius 3 is 1.65 bits per heavy atom. The van der Waals surface area contributed by atoms with E-state index in [0.29, 0.717) is 31.0 Å². The van der Waals surface area contributed by atoms with Crippen molar-refractivity contribution in [1.29, 1.82) is 0 Å². The first-order valence-corrected chi connectivity index (χ1v) is 24.4. The monoisotopic (exact) mass is 778 g/mol. The average molecular weight is 778 g/mol. The minimum atomic E-state index is -0.421. The summed E-state index contributed by atoms with van der Waals surface area (Å²) in [5, 5.41) is 9.36. The summed E-state index contributed by atoms with van der Waals surface area (Å²) < 4.78 is 11.6. The first-order valence-electron chi connectivity index (χ1n) is 24.4. The van der Waals surface area contributed by atoms with Gasteiger partial charge in [0, 0.05) is 13.0 Å². The van der Waals surface area contributed by atoms with E-state index >= 15 is 0 Å². The normalized spacial score (nSPS) is 13.9. The Labute approximate surface area is 342 Å². The molecule has 6 heteroatoms. The molecule has 0 aromatic heterocycles. The van der Waals surface area contributed by atoms with E-state index in [1.807, 2.05) is 0 Å². The number of hydrogen-bond donors (Lipinski definition) is 1. The number of aliphatic hydroxyl groups is 1. The van der Waals surface area contributed by atoms with Gasteiger partial charge in [-0.05, 0) is 122 Å². The van der Waals surface area contributed by atoms with Gasteiger partial charge in [0.2, 0.25) is 0 Å². The summed E-state index contributed by atoms with van der Waals surface area (Å²) in [6, 6.07) is 0. The van der Waals surface area contributed by atoms with Crippen molar-refractivity contribution in [3.05, 3.63) is 0 Å². The van der Waals surface area contributed by atoms with Crippen LogP contribution in [0.4, 0.5) is 0 Å². The van der Waals surface area contributed by atoms with Gasteiger partial charge >= 0.3 is 11.9 Å². The van der Waals surface area contributed by atoms with Crippen molar-refractivity contribution in [1.82, 2.24) is 4.90 Å². The van der Waals surface area contributed by atoms with Crippen LogP contribution in [0.2, 0.25) is 0 Å². The number of rotatable bonds is 42. The number of carbonyl (C=O) groups excluding carboxylic acids is 2. The average Bonchev–Trinajstić information content (AvgIpc) is 3.95. The number of aliphatic hydroxyl groups excluding tert-OH is 1. The molecule has 0 amide bonds. The zero-order valence-electron chi connectivity index (χ0n) is 37.7. The van der Waals surface area contributed by atoms with Gasteiger partial charge in [0.05, 0.1) is 18.6 Å². The first kappa shape index (κ1) is 51.9. The van der Waals surface area contributed by atoms with Gasteiger partial charge in [-0.15, -0.1) is 0 Å². The van der Waals surface area contributed by atoms with Gasteiger partial charge in [-0.2, -0.15) is 0 Å². The molecule has 0 radical (unpaired) electrons. The molecule has 1 aliphatic rings. The Hall–Kier alpha value is -1.14. The predicted molar refractivity (Wildman–Crippen MR) is 235 cm³/mol. The topological polar surface area (TPSA) is 76.1 Å². The van der Waals surface area contributed by atoms with E-state index in [-0.39, 0.29) is 18.5 Å². The highest BCUT2D eigenvalue weighted by Gasteiger charge is 2.41. The highest BCUT2D eigenvalue weighted by Crippen LogP contribution is 2.53. The van der Waals surface area contributed by atoms with Crippen LogP contribution in [-0.2, 0) is 19.1 Å². The Morgan fingerprint density at radius 1 is 0.600 bits per heavy atom. The minimum Gasteiger partial charge on any atom is -0.466 e. The van der Waals surface area contributed by atoms with Crippen molar-refractivity contribution in [3.63, 3.8) is 0 Å². The molecule has 1 N–H and O–H groups in total. The van der Waals surface area contributed by atoms with Crippen LogP contribution in [0.1, 0.15) is 247 Å². The molecule has 55 heavy (non-hydrogen) atoms. The van der Waals surface area contributed by atoms with Crippen molar-refractivity contribution < 1.29 is 24.2 Å². The van der Waals surface area contributed by atoms with Crippen LogP contribution in [0.15, 0.2) is 0 Å². The summed E-state index contributed by atoms with van der Waals surface area (Å²) in [6.07, 6.45) is 39.3. The van der Waals surface area contributed by atoms with Crippen LogP contribution in [0.5, 0.6) is 0 Å². The van der Waals surface area contributed by atoms with E-state index in [9.17, 15) is 14.7 Å². The fraction of sp³-hybridized carbons (Fsp3) is 0.959. The summed E-state index contributed by atoms with van der Waals surface area (Å²) in [6.45, 7) is 15.7. The number of unbranched alkanes of at least 4 members (excludes halogenated alkanes) is 19. The van der Waals surface area contributed by atoms with Gasteiger partial charge in [-0.25, -0.2) is 0 Å².